The van der Waals surface area contributed by atoms with Crippen LogP contribution in [0.15, 0.2) is 42.5 Å². The van der Waals surface area contributed by atoms with Crippen molar-refractivity contribution < 1.29 is 28.9 Å². The number of nitrogens with zero attached hydrogens (tertiary/aromatic N) is 2. The highest BCUT2D eigenvalue weighted by Gasteiger charge is 2.21. The number of carbonyl (C=O) groups excluding carboxylic acids is 1. The van der Waals surface area contributed by atoms with Gasteiger partial charge in [0.2, 0.25) is 0 Å². The molecule has 2 aromatic carbocycles. The number of esters is 1. The van der Waals surface area contributed by atoms with Crippen LogP contribution in [0.4, 0.5) is 11.4 Å². The third-order valence-electron chi connectivity index (χ3n) is 3.87. The number of nitro groups is 2. The summed E-state index contributed by atoms with van der Waals surface area (Å²) in [6.07, 6.45) is 2.61. The number of fused-ring (bicyclic) bond motifs is 1. The van der Waals surface area contributed by atoms with Crippen LogP contribution in [0.2, 0.25) is 0 Å². The predicted octanol–water partition coefficient (Wildman–Crippen LogP) is 3.13. The highest BCUT2D eigenvalue weighted by atomic mass is 16.7. The number of benzene rings is 2. The summed E-state index contributed by atoms with van der Waals surface area (Å²) in [5, 5.41) is 21.7. The Kier molecular flexibility index (Phi) is 5.61. The lowest BCUT2D eigenvalue weighted by atomic mass is 10.1. The Morgan fingerprint density at radius 2 is 1.82 bits per heavy atom. The topological polar surface area (TPSA) is 131 Å². The Balaban J connectivity index is 1.68. The Bertz CT molecular complexity index is 953. The van der Waals surface area contributed by atoms with Gasteiger partial charge < -0.3 is 14.2 Å². The fraction of sp³-hybridized carbons (Fsp3) is 0.167. The highest BCUT2D eigenvalue weighted by molar-refractivity contribution is 5.87. The minimum Gasteiger partial charge on any atom is -0.467 e. The molecule has 0 aliphatic carbocycles. The zero-order valence-corrected chi connectivity index (χ0v) is 14.4. The molecule has 0 radical (unpaired) electrons. The summed E-state index contributed by atoms with van der Waals surface area (Å²) in [5.41, 5.74) is 1.24. The average Bonchev–Trinajstić information content (AvgIpc) is 2.70. The molecule has 1 aliphatic heterocycles. The van der Waals surface area contributed by atoms with Crippen molar-refractivity contribution >= 4 is 23.4 Å². The van der Waals surface area contributed by atoms with Crippen LogP contribution in [-0.4, -0.2) is 22.6 Å². The quantitative estimate of drug-likeness (QED) is 0.320. The molecule has 10 heteroatoms. The summed E-state index contributed by atoms with van der Waals surface area (Å²) in [4.78, 5) is 32.6. The van der Waals surface area contributed by atoms with Gasteiger partial charge in [-0.1, -0.05) is 0 Å². The maximum absolute atomic E-state index is 11.9. The summed E-state index contributed by atoms with van der Waals surface area (Å²) >= 11 is 0. The second-order valence-electron chi connectivity index (χ2n) is 5.75. The third-order valence-corrected chi connectivity index (χ3v) is 3.87. The number of non-ortho nitro benzene ring substituents is 2. The van der Waals surface area contributed by atoms with Gasteiger partial charge in [-0.25, -0.2) is 4.79 Å². The molecule has 1 aliphatic rings. The molecule has 3 rings (SSSR count). The van der Waals surface area contributed by atoms with E-state index in [-0.39, 0.29) is 31.4 Å². The van der Waals surface area contributed by atoms with Crippen molar-refractivity contribution in [1.29, 1.82) is 0 Å². The van der Waals surface area contributed by atoms with Crippen molar-refractivity contribution in [2.75, 3.05) is 6.79 Å². The molecule has 10 nitrogen and oxygen atoms in total. The molecule has 2 aromatic rings. The van der Waals surface area contributed by atoms with Gasteiger partial charge in [0.05, 0.1) is 16.5 Å². The van der Waals surface area contributed by atoms with E-state index in [1.165, 1.54) is 42.5 Å². The summed E-state index contributed by atoms with van der Waals surface area (Å²) in [6.45, 7) is -0.0444. The van der Waals surface area contributed by atoms with Crippen molar-refractivity contribution in [3.05, 3.63) is 79.4 Å². The molecule has 0 atom stereocenters. The van der Waals surface area contributed by atoms with E-state index in [2.05, 4.69) is 0 Å². The second-order valence-corrected chi connectivity index (χ2v) is 5.75. The van der Waals surface area contributed by atoms with Gasteiger partial charge in [0, 0.05) is 41.5 Å². The first-order chi connectivity index (χ1) is 13.4. The van der Waals surface area contributed by atoms with Crippen molar-refractivity contribution in [3.8, 4) is 5.75 Å². The van der Waals surface area contributed by atoms with Gasteiger partial charge in [-0.15, -0.1) is 0 Å². The van der Waals surface area contributed by atoms with Gasteiger partial charge in [-0.2, -0.15) is 0 Å². The van der Waals surface area contributed by atoms with Crippen LogP contribution in [-0.2, 0) is 27.5 Å². The van der Waals surface area contributed by atoms with Gasteiger partial charge in [0.1, 0.15) is 12.4 Å². The van der Waals surface area contributed by atoms with Gasteiger partial charge in [-0.3, -0.25) is 20.2 Å². The van der Waals surface area contributed by atoms with E-state index in [0.29, 0.717) is 22.4 Å². The van der Waals surface area contributed by atoms with E-state index in [9.17, 15) is 25.0 Å². The predicted molar refractivity (Wildman–Crippen MR) is 95.3 cm³/mol. The lowest BCUT2D eigenvalue weighted by Gasteiger charge is -2.20. The molecule has 0 saturated heterocycles. The average molecular weight is 386 g/mol. The van der Waals surface area contributed by atoms with Crippen LogP contribution in [0.5, 0.6) is 5.75 Å². The van der Waals surface area contributed by atoms with Crippen LogP contribution >= 0.6 is 0 Å². The molecule has 0 fully saturated rings. The fourth-order valence-electron chi connectivity index (χ4n) is 2.56. The van der Waals surface area contributed by atoms with Gasteiger partial charge in [0.25, 0.3) is 11.4 Å². The van der Waals surface area contributed by atoms with Crippen molar-refractivity contribution in [1.82, 2.24) is 0 Å². The number of rotatable bonds is 6. The standard InChI is InChI=1S/C18H14N2O8/c21-17(6-3-12-1-4-15(5-2-12)19(22)23)27-10-14-8-16(20(24)25)7-13-9-26-11-28-18(13)14/h1-8H,9-11H2. The number of hydrogen-bond acceptors (Lipinski definition) is 8. The Morgan fingerprint density at radius 1 is 1.11 bits per heavy atom. The van der Waals surface area contributed by atoms with Crippen LogP contribution in [0.25, 0.3) is 6.08 Å². The Morgan fingerprint density at radius 3 is 2.50 bits per heavy atom. The van der Waals surface area contributed by atoms with Gasteiger partial charge in [-0.05, 0) is 23.8 Å². The summed E-state index contributed by atoms with van der Waals surface area (Å²) in [6, 6.07) is 8.27. The van der Waals surface area contributed by atoms with E-state index in [1.54, 1.807) is 0 Å². The van der Waals surface area contributed by atoms with Crippen LogP contribution in [0.1, 0.15) is 16.7 Å². The molecule has 0 spiro atoms. The van der Waals surface area contributed by atoms with E-state index < -0.39 is 15.8 Å². The van der Waals surface area contributed by atoms with E-state index in [0.717, 1.165) is 6.08 Å². The van der Waals surface area contributed by atoms with Crippen LogP contribution in [0.3, 0.4) is 0 Å². The van der Waals surface area contributed by atoms with E-state index in [1.807, 2.05) is 0 Å². The first kappa shape index (κ1) is 19.0. The normalized spacial score (nSPS) is 12.9. The molecule has 1 heterocycles. The molecular formula is C18H14N2O8. The van der Waals surface area contributed by atoms with E-state index >= 15 is 0 Å². The lowest BCUT2D eigenvalue weighted by molar-refractivity contribution is -0.385. The van der Waals surface area contributed by atoms with Crippen molar-refractivity contribution in [3.63, 3.8) is 0 Å². The van der Waals surface area contributed by atoms with Crippen LogP contribution in [0, 0.1) is 20.2 Å². The lowest BCUT2D eigenvalue weighted by Crippen LogP contribution is -2.14. The largest absolute Gasteiger partial charge is 0.467 e. The molecule has 0 N–H and O–H groups in total. The SMILES string of the molecule is O=C(C=Cc1ccc([N+](=O)[O-])cc1)OCc1cc([N+](=O)[O-])cc2c1OCOC2. The maximum atomic E-state index is 11.9. The summed E-state index contributed by atoms with van der Waals surface area (Å²) < 4.78 is 15.6. The third kappa shape index (κ3) is 4.48. The first-order valence-electron chi connectivity index (χ1n) is 8.04. The maximum Gasteiger partial charge on any atom is 0.331 e. The molecular weight excluding hydrogens is 372 g/mol. The molecule has 144 valence electrons. The zero-order valence-electron chi connectivity index (χ0n) is 14.4. The summed E-state index contributed by atoms with van der Waals surface area (Å²) in [5.74, 6) is -0.269. The number of carbonyl (C=O) groups is 1. The Hall–Kier alpha value is -3.79. The molecule has 0 aromatic heterocycles. The zero-order chi connectivity index (χ0) is 20.1. The monoisotopic (exact) mass is 386 g/mol. The Labute approximate surface area is 158 Å². The van der Waals surface area contributed by atoms with Gasteiger partial charge >= 0.3 is 5.97 Å². The highest BCUT2D eigenvalue weighted by Crippen LogP contribution is 2.33. The van der Waals surface area contributed by atoms with Crippen molar-refractivity contribution in [2.45, 2.75) is 13.2 Å². The molecule has 0 amide bonds. The minimum absolute atomic E-state index is 0.00576. The fourth-order valence-corrected chi connectivity index (χ4v) is 2.56. The second kappa shape index (κ2) is 8.27. The smallest absolute Gasteiger partial charge is 0.331 e. The van der Waals surface area contributed by atoms with Crippen molar-refractivity contribution in [2.24, 2.45) is 0 Å². The first-order valence-corrected chi connectivity index (χ1v) is 8.04. The molecule has 0 unspecified atom stereocenters. The molecule has 0 saturated carbocycles. The summed E-state index contributed by atoms with van der Waals surface area (Å²) in [7, 11) is 0. The molecule has 0 bridgehead atoms. The van der Waals surface area contributed by atoms with E-state index in [4.69, 9.17) is 14.2 Å². The van der Waals surface area contributed by atoms with Crippen LogP contribution < -0.4 is 4.74 Å². The van der Waals surface area contributed by atoms with Gasteiger partial charge in [0.15, 0.2) is 6.79 Å². The number of nitro benzene ring substituents is 2. The number of hydrogen-bond donors (Lipinski definition) is 0. The molecule has 28 heavy (non-hydrogen) atoms. The number of ether oxygens (including phenoxy) is 3. The minimum atomic E-state index is -0.675.